The van der Waals surface area contributed by atoms with Crippen molar-refractivity contribution in [3.8, 4) is 0 Å². The quantitative estimate of drug-likeness (QED) is 0.519. The molecule has 4 rings (SSSR count). The summed E-state index contributed by atoms with van der Waals surface area (Å²) in [6.07, 6.45) is 6.23. The maximum atomic E-state index is 12.0. The number of para-hydroxylation sites is 1. The second-order valence-corrected chi connectivity index (χ2v) is 6.45. The summed E-state index contributed by atoms with van der Waals surface area (Å²) in [6.45, 7) is 0.599. The third-order valence-electron chi connectivity index (χ3n) is 3.82. The van der Waals surface area contributed by atoms with Crippen LogP contribution < -0.4 is 5.32 Å². The van der Waals surface area contributed by atoms with Gasteiger partial charge in [0.2, 0.25) is 11.1 Å². The van der Waals surface area contributed by atoms with Gasteiger partial charge in [0.25, 0.3) is 5.78 Å². The molecule has 2 N–H and O–H groups in total. The molecule has 0 aliphatic heterocycles. The number of carbonyl (C=O) groups excluding carboxylic acids is 1. The first-order valence-corrected chi connectivity index (χ1v) is 8.90. The molecule has 3 heterocycles. The average molecular weight is 352 g/mol. The van der Waals surface area contributed by atoms with Crippen LogP contribution in [0.5, 0.6) is 0 Å². The van der Waals surface area contributed by atoms with E-state index in [1.165, 1.54) is 22.7 Å². The highest BCUT2D eigenvalue weighted by atomic mass is 32.2. The number of hydrogen-bond donors (Lipinski definition) is 2. The Balaban J connectivity index is 1.27. The molecular weight excluding hydrogens is 336 g/mol. The Hall–Kier alpha value is -2.87. The van der Waals surface area contributed by atoms with Gasteiger partial charge in [-0.05, 0) is 24.1 Å². The molecule has 25 heavy (non-hydrogen) atoms. The number of aromatic nitrogens is 5. The van der Waals surface area contributed by atoms with Crippen molar-refractivity contribution in [3.63, 3.8) is 0 Å². The van der Waals surface area contributed by atoms with Gasteiger partial charge in [0.05, 0.1) is 5.75 Å². The van der Waals surface area contributed by atoms with Crippen molar-refractivity contribution in [1.82, 2.24) is 29.9 Å². The van der Waals surface area contributed by atoms with Crippen molar-refractivity contribution >= 4 is 34.3 Å². The molecule has 0 bridgehead atoms. The van der Waals surface area contributed by atoms with Crippen LogP contribution in [0.4, 0.5) is 0 Å². The van der Waals surface area contributed by atoms with E-state index in [-0.39, 0.29) is 11.7 Å². The first-order valence-electron chi connectivity index (χ1n) is 7.91. The zero-order valence-corrected chi connectivity index (χ0v) is 14.2. The van der Waals surface area contributed by atoms with E-state index in [0.29, 0.717) is 17.5 Å². The maximum Gasteiger partial charge on any atom is 0.253 e. The molecule has 0 aliphatic rings. The fraction of sp³-hybridized carbons (Fsp3) is 0.176. The molecule has 7 nitrogen and oxygen atoms in total. The Morgan fingerprint density at radius 2 is 2.20 bits per heavy atom. The second-order valence-electron chi connectivity index (χ2n) is 5.51. The Morgan fingerprint density at radius 3 is 3.12 bits per heavy atom. The van der Waals surface area contributed by atoms with E-state index in [1.807, 2.05) is 24.4 Å². The van der Waals surface area contributed by atoms with Gasteiger partial charge < -0.3 is 10.3 Å². The summed E-state index contributed by atoms with van der Waals surface area (Å²) < 4.78 is 1.59. The van der Waals surface area contributed by atoms with Crippen molar-refractivity contribution < 1.29 is 4.79 Å². The van der Waals surface area contributed by atoms with Crippen LogP contribution in [0.15, 0.2) is 54.1 Å². The SMILES string of the molecule is O=C(CSc1nc2ncccn2n1)NCCc1c[nH]c2ccccc12. The Kier molecular flexibility index (Phi) is 4.34. The number of H-pyrrole nitrogens is 1. The van der Waals surface area contributed by atoms with Crippen LogP contribution in [0.1, 0.15) is 5.56 Å². The van der Waals surface area contributed by atoms with Gasteiger partial charge in [-0.3, -0.25) is 4.79 Å². The van der Waals surface area contributed by atoms with Crippen LogP contribution in [0.3, 0.4) is 0 Å². The van der Waals surface area contributed by atoms with Crippen LogP contribution in [0.2, 0.25) is 0 Å². The monoisotopic (exact) mass is 352 g/mol. The van der Waals surface area contributed by atoms with Crippen LogP contribution in [-0.2, 0) is 11.2 Å². The average Bonchev–Trinajstić information content (AvgIpc) is 3.24. The van der Waals surface area contributed by atoms with Gasteiger partial charge in [0.15, 0.2) is 0 Å². The molecule has 126 valence electrons. The third-order valence-corrected chi connectivity index (χ3v) is 4.66. The van der Waals surface area contributed by atoms with Crippen molar-refractivity contribution in [2.75, 3.05) is 12.3 Å². The molecule has 0 atom stereocenters. The fourth-order valence-electron chi connectivity index (χ4n) is 2.63. The standard InChI is InChI=1S/C17H16N6OS/c24-15(11-25-17-21-16-19-7-3-9-23(16)22-17)18-8-6-12-10-20-14-5-2-1-4-13(12)14/h1-5,7,9-10,20H,6,8,11H2,(H,18,24). The first kappa shape index (κ1) is 15.6. The fourth-order valence-corrected chi connectivity index (χ4v) is 3.29. The number of benzene rings is 1. The lowest BCUT2D eigenvalue weighted by Gasteiger charge is -2.03. The van der Waals surface area contributed by atoms with E-state index in [4.69, 9.17) is 0 Å². The molecule has 1 aromatic carbocycles. The zero-order chi connectivity index (χ0) is 17.1. The minimum absolute atomic E-state index is 0.0309. The molecule has 0 fully saturated rings. The molecule has 0 unspecified atom stereocenters. The van der Waals surface area contributed by atoms with Gasteiger partial charge in [0, 0.05) is 36.0 Å². The van der Waals surface area contributed by atoms with Gasteiger partial charge >= 0.3 is 0 Å². The molecule has 8 heteroatoms. The smallest absolute Gasteiger partial charge is 0.253 e. The third kappa shape index (κ3) is 3.48. The Labute approximate surface area is 147 Å². The van der Waals surface area contributed by atoms with Crippen LogP contribution >= 0.6 is 11.8 Å². The predicted octanol–water partition coefficient (Wildman–Crippen LogP) is 2.06. The number of aromatic amines is 1. The molecule has 0 radical (unpaired) electrons. The Bertz CT molecular complexity index is 991. The zero-order valence-electron chi connectivity index (χ0n) is 13.3. The van der Waals surface area contributed by atoms with E-state index in [2.05, 4.69) is 31.4 Å². The topological polar surface area (TPSA) is 88.0 Å². The molecule has 0 spiro atoms. The van der Waals surface area contributed by atoms with E-state index < -0.39 is 0 Å². The number of fused-ring (bicyclic) bond motifs is 2. The van der Waals surface area contributed by atoms with Crippen LogP contribution in [-0.4, -0.2) is 42.8 Å². The Morgan fingerprint density at radius 1 is 1.28 bits per heavy atom. The van der Waals surface area contributed by atoms with E-state index >= 15 is 0 Å². The van der Waals surface area contributed by atoms with Crippen molar-refractivity contribution in [1.29, 1.82) is 0 Å². The number of carbonyl (C=O) groups is 1. The minimum atomic E-state index is -0.0309. The normalized spacial score (nSPS) is 11.2. The highest BCUT2D eigenvalue weighted by Crippen LogP contribution is 2.17. The number of nitrogens with zero attached hydrogens (tertiary/aromatic N) is 4. The summed E-state index contributed by atoms with van der Waals surface area (Å²) in [6, 6.07) is 9.94. The summed E-state index contributed by atoms with van der Waals surface area (Å²) in [5.74, 6) is 0.784. The van der Waals surface area contributed by atoms with Gasteiger partial charge in [-0.15, -0.1) is 5.10 Å². The molecule has 4 aromatic rings. The van der Waals surface area contributed by atoms with Crippen LogP contribution in [0, 0.1) is 0 Å². The van der Waals surface area contributed by atoms with Gasteiger partial charge in [-0.1, -0.05) is 30.0 Å². The molecule has 0 saturated heterocycles. The van der Waals surface area contributed by atoms with E-state index in [9.17, 15) is 4.79 Å². The molecule has 3 aromatic heterocycles. The lowest BCUT2D eigenvalue weighted by molar-refractivity contribution is -0.118. The summed E-state index contributed by atoms with van der Waals surface area (Å²) in [5.41, 5.74) is 2.32. The largest absolute Gasteiger partial charge is 0.361 e. The minimum Gasteiger partial charge on any atom is -0.361 e. The lowest BCUT2D eigenvalue weighted by Crippen LogP contribution is -2.27. The van der Waals surface area contributed by atoms with Crippen molar-refractivity contribution in [2.45, 2.75) is 11.6 Å². The van der Waals surface area contributed by atoms with E-state index in [1.54, 1.807) is 23.0 Å². The second kappa shape index (κ2) is 6.94. The molecular formula is C17H16N6OS. The maximum absolute atomic E-state index is 12.0. The summed E-state index contributed by atoms with van der Waals surface area (Å²) >= 11 is 1.30. The number of nitrogens with one attached hydrogen (secondary N) is 2. The van der Waals surface area contributed by atoms with Crippen molar-refractivity contribution in [2.24, 2.45) is 0 Å². The van der Waals surface area contributed by atoms with Gasteiger partial charge in [-0.25, -0.2) is 9.50 Å². The van der Waals surface area contributed by atoms with Crippen LogP contribution in [0.25, 0.3) is 16.7 Å². The summed E-state index contributed by atoms with van der Waals surface area (Å²) in [5, 5.41) is 8.95. The summed E-state index contributed by atoms with van der Waals surface area (Å²) in [4.78, 5) is 23.6. The highest BCUT2D eigenvalue weighted by Gasteiger charge is 2.09. The number of hydrogen-bond acceptors (Lipinski definition) is 5. The number of amides is 1. The summed E-state index contributed by atoms with van der Waals surface area (Å²) in [7, 11) is 0. The predicted molar refractivity (Wildman–Crippen MR) is 96.5 cm³/mol. The van der Waals surface area contributed by atoms with Gasteiger partial charge in [-0.2, -0.15) is 4.98 Å². The molecule has 0 aliphatic carbocycles. The lowest BCUT2D eigenvalue weighted by atomic mass is 10.1. The van der Waals surface area contributed by atoms with Crippen molar-refractivity contribution in [3.05, 3.63) is 54.5 Å². The molecule has 0 saturated carbocycles. The number of thioether (sulfide) groups is 1. The highest BCUT2D eigenvalue weighted by molar-refractivity contribution is 7.99. The van der Waals surface area contributed by atoms with E-state index in [0.717, 1.165) is 11.9 Å². The first-order chi connectivity index (χ1) is 12.3. The van der Waals surface area contributed by atoms with Gasteiger partial charge in [0.1, 0.15) is 0 Å². The number of rotatable bonds is 6. The molecule has 1 amide bonds.